The van der Waals surface area contributed by atoms with Crippen LogP contribution >= 0.6 is 0 Å². The van der Waals surface area contributed by atoms with Gasteiger partial charge in [-0.05, 0) is 314 Å². The van der Waals surface area contributed by atoms with Crippen LogP contribution in [0.1, 0.15) is 98.7 Å². The van der Waals surface area contributed by atoms with Gasteiger partial charge in [-0.25, -0.2) is 0 Å². The third kappa shape index (κ3) is 15.2. The van der Waals surface area contributed by atoms with Crippen molar-refractivity contribution in [2.75, 3.05) is 0 Å². The van der Waals surface area contributed by atoms with Gasteiger partial charge in [0, 0.05) is 0 Å². The second-order valence-electron chi connectivity index (χ2n) is 33.6. The Labute approximate surface area is 692 Å². The standard InChI is InChI=1S/2C25H24.C23H20.2C22H18/c1-15-11-21-19(5)22-12-16(2)18(4)14-24(22)25(23(21)13-17(15)3)20-9-7-6-8-10-20;1-17-20-9-5-7-11-22(20)24(23-12-8-6-10-21(17)23)18-13-15-19(16-14-18)25(2,3)4;1-15-10-12-20-21(13-15)17(3)19-11-9-16(2)14-22(19)23(20)18-7-5-4-6-8-18;1-15-12-13-19-16(2)18-10-6-7-11-20(18)22(21(19)14-15)17-8-4-3-5-9-17;1-15-12-13-20-21(14-15)16(2)18-10-6-7-11-19(18)22(20)17-8-4-3-5-9-17/h6-14H,1-5H3;5-16H,1-4H3;4-14H,1-3H3;2*3-14H,1-2H3. The molecule has 0 unspecified atom stereocenters. The Morgan fingerprint density at radius 1 is 0.145 bits per heavy atom. The quantitative estimate of drug-likeness (QED) is 0.151. The Bertz CT molecular complexity index is 7050. The van der Waals surface area contributed by atoms with E-state index in [-0.39, 0.29) is 5.41 Å². The number of aryl methyl sites for hydroxylation is 13. The third-order valence-corrected chi connectivity index (χ3v) is 24.7. The molecule has 20 aromatic carbocycles. The van der Waals surface area contributed by atoms with Gasteiger partial charge in [-0.15, -0.1) is 0 Å². The zero-order valence-corrected chi connectivity index (χ0v) is 70.8. The summed E-state index contributed by atoms with van der Waals surface area (Å²) in [7, 11) is 0. The van der Waals surface area contributed by atoms with Crippen LogP contribution in [0.25, 0.3) is 163 Å². The lowest BCUT2D eigenvalue weighted by Gasteiger charge is -2.20. The fourth-order valence-corrected chi connectivity index (χ4v) is 18.1. The van der Waals surface area contributed by atoms with Gasteiger partial charge in [0.25, 0.3) is 0 Å². The maximum atomic E-state index is 2.37. The first-order valence-corrected chi connectivity index (χ1v) is 41.5. The molecule has 0 heterocycles. The Balaban J connectivity index is 0.000000110. The van der Waals surface area contributed by atoms with Gasteiger partial charge in [-0.3, -0.25) is 0 Å². The summed E-state index contributed by atoms with van der Waals surface area (Å²) in [4.78, 5) is 0. The summed E-state index contributed by atoms with van der Waals surface area (Å²) in [6, 6.07) is 124. The number of rotatable bonds is 5. The largest absolute Gasteiger partial charge is 0.0622 e. The summed E-state index contributed by atoms with van der Waals surface area (Å²) in [5, 5.41) is 27.0. The van der Waals surface area contributed by atoms with Crippen LogP contribution in [0.2, 0.25) is 0 Å². The van der Waals surface area contributed by atoms with E-state index in [0.717, 1.165) is 0 Å². The van der Waals surface area contributed by atoms with Crippen molar-refractivity contribution in [3.8, 4) is 55.6 Å². The Kier molecular flexibility index (Phi) is 21.8. The molecule has 0 bridgehead atoms. The average molecular weight is 1510 g/mol. The molecule has 0 aromatic heterocycles. The lowest BCUT2D eigenvalue weighted by molar-refractivity contribution is 0.590. The van der Waals surface area contributed by atoms with Gasteiger partial charge >= 0.3 is 0 Å². The van der Waals surface area contributed by atoms with Crippen molar-refractivity contribution in [1.29, 1.82) is 0 Å². The smallest absolute Gasteiger partial charge is 0.00264 e. The summed E-state index contributed by atoms with van der Waals surface area (Å²) in [6.45, 7) is 35.5. The van der Waals surface area contributed by atoms with Gasteiger partial charge in [0.15, 0.2) is 0 Å². The summed E-state index contributed by atoms with van der Waals surface area (Å²) in [5.41, 5.74) is 32.3. The van der Waals surface area contributed by atoms with E-state index < -0.39 is 0 Å². The molecular formula is C117H104. The molecule has 0 aliphatic carbocycles. The number of fused-ring (bicyclic) bond motifs is 10. The summed E-state index contributed by atoms with van der Waals surface area (Å²) in [6.07, 6.45) is 0. The predicted octanol–water partition coefficient (Wildman–Crippen LogP) is 33.6. The molecule has 0 saturated carbocycles. The number of benzene rings is 20. The number of hydrogen-bond donors (Lipinski definition) is 0. The molecule has 20 aromatic rings. The molecule has 20 rings (SSSR count). The summed E-state index contributed by atoms with van der Waals surface area (Å²) in [5.74, 6) is 0. The van der Waals surface area contributed by atoms with E-state index >= 15 is 0 Å². The molecule has 0 aliphatic rings. The Hall–Kier alpha value is -13.0. The molecule has 0 atom stereocenters. The van der Waals surface area contributed by atoms with Crippen molar-refractivity contribution in [2.45, 2.75) is 116 Å². The summed E-state index contributed by atoms with van der Waals surface area (Å²) >= 11 is 0. The molecular weight excluding hydrogens is 1410 g/mol. The lowest BCUT2D eigenvalue weighted by Crippen LogP contribution is -2.10. The van der Waals surface area contributed by atoms with E-state index in [9.17, 15) is 0 Å². The minimum atomic E-state index is 0.177. The molecule has 0 radical (unpaired) electrons. The molecule has 0 spiro atoms. The molecule has 0 amide bonds. The SMILES string of the molecule is Cc1c2ccccc2c(-c2ccc(C(C)(C)C)cc2)c2ccccc12.Cc1cc2c(C)c3cc(C)c(C)cc3c(-c3ccccc3)c2cc1C.Cc1ccc2c(-c3ccccc3)c3cc(C)ccc3c(C)c2c1.Cc1ccc2c(-c3ccccc3)c3ccccc3c(C)c2c1.Cc1ccc2c(C)c3ccccc3c(-c3ccccc3)c2c1. The van der Waals surface area contributed by atoms with E-state index in [1.165, 1.54) is 241 Å². The zero-order chi connectivity index (χ0) is 81.5. The highest BCUT2D eigenvalue weighted by Gasteiger charge is 2.21. The van der Waals surface area contributed by atoms with Crippen molar-refractivity contribution >= 4 is 108 Å². The van der Waals surface area contributed by atoms with Crippen molar-refractivity contribution < 1.29 is 0 Å². The highest BCUT2D eigenvalue weighted by molar-refractivity contribution is 6.20. The monoisotopic (exact) mass is 1510 g/mol. The van der Waals surface area contributed by atoms with E-state index in [0.29, 0.717) is 0 Å². The van der Waals surface area contributed by atoms with Crippen molar-refractivity contribution in [3.63, 3.8) is 0 Å². The van der Waals surface area contributed by atoms with Crippen LogP contribution in [0, 0.1) is 90.0 Å². The second-order valence-corrected chi connectivity index (χ2v) is 33.6. The van der Waals surface area contributed by atoms with Crippen LogP contribution < -0.4 is 0 Å². The van der Waals surface area contributed by atoms with Crippen LogP contribution in [0.15, 0.2) is 340 Å². The molecule has 0 aliphatic heterocycles. The first-order chi connectivity index (χ1) is 56.6. The molecule has 0 N–H and O–H groups in total. The average Bonchev–Trinajstić information content (AvgIpc) is 0.769. The zero-order valence-electron chi connectivity index (χ0n) is 70.8. The topological polar surface area (TPSA) is 0 Å². The second kappa shape index (κ2) is 32.7. The molecule has 572 valence electrons. The fourth-order valence-electron chi connectivity index (χ4n) is 18.1. The van der Waals surface area contributed by atoms with Gasteiger partial charge in [-0.2, -0.15) is 0 Å². The van der Waals surface area contributed by atoms with Gasteiger partial charge in [0.1, 0.15) is 0 Å². The first kappa shape index (κ1) is 77.9. The minimum absolute atomic E-state index is 0.177. The number of hydrogen-bond acceptors (Lipinski definition) is 0. The summed E-state index contributed by atoms with van der Waals surface area (Å²) < 4.78 is 0. The Morgan fingerprint density at radius 3 is 0.615 bits per heavy atom. The lowest BCUT2D eigenvalue weighted by atomic mass is 9.84. The van der Waals surface area contributed by atoms with Gasteiger partial charge < -0.3 is 0 Å². The van der Waals surface area contributed by atoms with Crippen LogP contribution in [0.5, 0.6) is 0 Å². The van der Waals surface area contributed by atoms with E-state index in [4.69, 9.17) is 0 Å². The normalized spacial score (nSPS) is 11.4. The highest BCUT2D eigenvalue weighted by Crippen LogP contribution is 2.46. The maximum Gasteiger partial charge on any atom is -0.00264 e. The van der Waals surface area contributed by atoms with E-state index in [2.05, 4.69) is 450 Å². The van der Waals surface area contributed by atoms with Crippen molar-refractivity contribution in [3.05, 3.63) is 418 Å². The third-order valence-electron chi connectivity index (χ3n) is 24.7. The molecule has 117 heavy (non-hydrogen) atoms. The van der Waals surface area contributed by atoms with E-state index in [1.54, 1.807) is 0 Å². The fraction of sp³-hybridized carbons (Fsp3) is 0.145. The molecule has 0 heteroatoms. The molecule has 0 nitrogen and oxygen atoms in total. The van der Waals surface area contributed by atoms with Gasteiger partial charge in [0.05, 0.1) is 0 Å². The van der Waals surface area contributed by atoms with Gasteiger partial charge in [0.2, 0.25) is 0 Å². The first-order valence-electron chi connectivity index (χ1n) is 41.5. The van der Waals surface area contributed by atoms with Crippen molar-refractivity contribution in [1.82, 2.24) is 0 Å². The van der Waals surface area contributed by atoms with Crippen LogP contribution in [0.3, 0.4) is 0 Å². The Morgan fingerprint density at radius 2 is 0.325 bits per heavy atom. The van der Waals surface area contributed by atoms with Crippen molar-refractivity contribution in [2.24, 2.45) is 0 Å². The van der Waals surface area contributed by atoms with E-state index in [1.807, 2.05) is 0 Å². The van der Waals surface area contributed by atoms with Crippen LogP contribution in [-0.2, 0) is 5.41 Å². The molecule has 0 saturated heterocycles. The van der Waals surface area contributed by atoms with Crippen LogP contribution in [0.4, 0.5) is 0 Å². The predicted molar refractivity (Wildman–Crippen MR) is 515 cm³/mol. The van der Waals surface area contributed by atoms with Gasteiger partial charge in [-0.1, -0.05) is 383 Å². The highest BCUT2D eigenvalue weighted by atomic mass is 14.2. The molecule has 0 fully saturated rings. The van der Waals surface area contributed by atoms with Crippen LogP contribution in [-0.4, -0.2) is 0 Å². The minimum Gasteiger partial charge on any atom is -0.0622 e. The maximum absolute atomic E-state index is 2.37.